The van der Waals surface area contributed by atoms with Crippen LogP contribution in [0.1, 0.15) is 37.8 Å². The van der Waals surface area contributed by atoms with Crippen LogP contribution in [0.5, 0.6) is 5.75 Å². The van der Waals surface area contributed by atoms with Gasteiger partial charge in [-0.3, -0.25) is 0 Å². The number of unbranched alkanes of at least 4 members (excludes halogenated alkanes) is 1. The number of benzene rings is 1. The van der Waals surface area contributed by atoms with Gasteiger partial charge in [0.25, 0.3) is 0 Å². The number of halogens is 4. The Labute approximate surface area is 112 Å². The molecular weight excluding hydrogens is 311 g/mol. The summed E-state index contributed by atoms with van der Waals surface area (Å²) >= 11 is 3.15. The predicted octanol–water partition coefficient (Wildman–Crippen LogP) is 4.54. The molecule has 0 bridgehead atoms. The van der Waals surface area contributed by atoms with Crippen molar-refractivity contribution in [1.82, 2.24) is 0 Å². The largest absolute Gasteiger partial charge is 0.573 e. The molecule has 0 aliphatic rings. The van der Waals surface area contributed by atoms with Crippen molar-refractivity contribution >= 4 is 15.9 Å². The van der Waals surface area contributed by atoms with Gasteiger partial charge in [0, 0.05) is 10.5 Å². The molecule has 0 radical (unpaired) electrons. The average molecular weight is 326 g/mol. The molecular formula is C12H15BrF3NO. The molecule has 0 aliphatic carbocycles. The van der Waals surface area contributed by atoms with Crippen LogP contribution in [0.2, 0.25) is 0 Å². The third kappa shape index (κ3) is 5.27. The Hall–Kier alpha value is -0.750. The summed E-state index contributed by atoms with van der Waals surface area (Å²) < 4.78 is 40.8. The zero-order chi connectivity index (χ0) is 13.8. The summed E-state index contributed by atoms with van der Waals surface area (Å²) in [5.74, 6) is -0.251. The molecule has 1 rings (SSSR count). The van der Waals surface area contributed by atoms with Crippen molar-refractivity contribution in [2.45, 2.75) is 38.6 Å². The number of ether oxygens (including phenoxy) is 1. The van der Waals surface area contributed by atoms with E-state index in [1.54, 1.807) is 6.07 Å². The molecule has 0 heterocycles. The van der Waals surface area contributed by atoms with Crippen molar-refractivity contribution in [2.24, 2.45) is 5.73 Å². The zero-order valence-corrected chi connectivity index (χ0v) is 11.5. The predicted molar refractivity (Wildman–Crippen MR) is 67.3 cm³/mol. The molecule has 1 atom stereocenters. The molecule has 0 aliphatic heterocycles. The van der Waals surface area contributed by atoms with E-state index in [-0.39, 0.29) is 11.8 Å². The van der Waals surface area contributed by atoms with Crippen LogP contribution in [0, 0.1) is 0 Å². The van der Waals surface area contributed by atoms with Crippen LogP contribution < -0.4 is 10.5 Å². The fourth-order valence-electron chi connectivity index (χ4n) is 1.58. The maximum Gasteiger partial charge on any atom is 0.573 e. The second-order valence-electron chi connectivity index (χ2n) is 4.02. The first-order valence-corrected chi connectivity index (χ1v) is 6.43. The normalized spacial score (nSPS) is 13.4. The second kappa shape index (κ2) is 6.43. The smallest absolute Gasteiger partial charge is 0.406 e. The lowest BCUT2D eigenvalue weighted by molar-refractivity contribution is -0.274. The van der Waals surface area contributed by atoms with Gasteiger partial charge in [-0.05, 0) is 30.2 Å². The van der Waals surface area contributed by atoms with Crippen LogP contribution in [0.15, 0.2) is 22.7 Å². The van der Waals surface area contributed by atoms with Crippen LogP contribution >= 0.6 is 15.9 Å². The zero-order valence-electron chi connectivity index (χ0n) is 9.93. The minimum atomic E-state index is -4.69. The molecule has 0 saturated heterocycles. The summed E-state index contributed by atoms with van der Waals surface area (Å²) in [5, 5.41) is 0. The van der Waals surface area contributed by atoms with E-state index in [0.29, 0.717) is 10.0 Å². The minimum absolute atomic E-state index is 0.251. The van der Waals surface area contributed by atoms with Crippen LogP contribution in [-0.4, -0.2) is 6.36 Å². The Balaban J connectivity index is 2.86. The van der Waals surface area contributed by atoms with Crippen molar-refractivity contribution in [3.8, 4) is 5.75 Å². The van der Waals surface area contributed by atoms with E-state index in [4.69, 9.17) is 5.73 Å². The van der Waals surface area contributed by atoms with Crippen molar-refractivity contribution in [3.05, 3.63) is 28.2 Å². The molecule has 6 heteroatoms. The number of nitrogens with two attached hydrogens (primary N) is 1. The maximum atomic E-state index is 12.1. The molecule has 102 valence electrons. The highest BCUT2D eigenvalue weighted by atomic mass is 79.9. The van der Waals surface area contributed by atoms with Gasteiger partial charge < -0.3 is 10.5 Å². The summed E-state index contributed by atoms with van der Waals surface area (Å²) in [5.41, 5.74) is 6.56. The molecule has 2 nitrogen and oxygen atoms in total. The third-order valence-corrected chi connectivity index (χ3v) is 2.88. The monoisotopic (exact) mass is 325 g/mol. The Morgan fingerprint density at radius 2 is 2.00 bits per heavy atom. The lowest BCUT2D eigenvalue weighted by Crippen LogP contribution is -2.18. The molecule has 0 aromatic heterocycles. The highest BCUT2D eigenvalue weighted by molar-refractivity contribution is 9.10. The molecule has 1 aromatic rings. The average Bonchev–Trinajstić information content (AvgIpc) is 2.22. The lowest BCUT2D eigenvalue weighted by atomic mass is 10.0. The maximum absolute atomic E-state index is 12.1. The highest BCUT2D eigenvalue weighted by Crippen LogP contribution is 2.30. The third-order valence-electron chi connectivity index (χ3n) is 2.42. The van der Waals surface area contributed by atoms with Crippen LogP contribution in [0.25, 0.3) is 0 Å². The van der Waals surface area contributed by atoms with Gasteiger partial charge in [-0.25, -0.2) is 0 Å². The van der Waals surface area contributed by atoms with Crippen LogP contribution in [0.3, 0.4) is 0 Å². The SMILES string of the molecule is CCCC[C@H](N)c1cc(Br)cc(OC(F)(F)F)c1. The van der Waals surface area contributed by atoms with Gasteiger partial charge in [-0.15, -0.1) is 13.2 Å². The molecule has 2 N–H and O–H groups in total. The van der Waals surface area contributed by atoms with E-state index < -0.39 is 6.36 Å². The Kier molecular flexibility index (Phi) is 5.47. The topological polar surface area (TPSA) is 35.2 Å². The Morgan fingerprint density at radius 1 is 1.33 bits per heavy atom. The van der Waals surface area contributed by atoms with E-state index in [1.807, 2.05) is 6.92 Å². The summed E-state index contributed by atoms with van der Waals surface area (Å²) in [6, 6.07) is 4.03. The van der Waals surface area contributed by atoms with Gasteiger partial charge in [0.1, 0.15) is 5.75 Å². The van der Waals surface area contributed by atoms with Crippen LogP contribution in [-0.2, 0) is 0 Å². The van der Waals surface area contributed by atoms with Gasteiger partial charge in [-0.2, -0.15) is 0 Å². The summed E-state index contributed by atoms with van der Waals surface area (Å²) in [4.78, 5) is 0. The van der Waals surface area contributed by atoms with Crippen molar-refractivity contribution in [2.75, 3.05) is 0 Å². The lowest BCUT2D eigenvalue weighted by Gasteiger charge is -2.15. The van der Waals surface area contributed by atoms with Gasteiger partial charge in [0.15, 0.2) is 0 Å². The first kappa shape index (κ1) is 15.3. The van der Waals surface area contributed by atoms with Gasteiger partial charge in [-0.1, -0.05) is 35.7 Å². The van der Waals surface area contributed by atoms with Gasteiger partial charge >= 0.3 is 6.36 Å². The van der Waals surface area contributed by atoms with Gasteiger partial charge in [0.2, 0.25) is 0 Å². The number of hydrogen-bond acceptors (Lipinski definition) is 2. The molecule has 0 unspecified atom stereocenters. The van der Waals surface area contributed by atoms with Crippen molar-refractivity contribution < 1.29 is 17.9 Å². The summed E-state index contributed by atoms with van der Waals surface area (Å²) in [6.45, 7) is 2.03. The van der Waals surface area contributed by atoms with Gasteiger partial charge in [0.05, 0.1) is 0 Å². The van der Waals surface area contributed by atoms with Crippen LogP contribution in [0.4, 0.5) is 13.2 Å². The van der Waals surface area contributed by atoms with E-state index in [1.165, 1.54) is 12.1 Å². The first-order valence-electron chi connectivity index (χ1n) is 5.63. The fraction of sp³-hybridized carbons (Fsp3) is 0.500. The Bertz CT molecular complexity index is 395. The second-order valence-corrected chi connectivity index (χ2v) is 4.93. The van der Waals surface area contributed by atoms with E-state index >= 15 is 0 Å². The number of rotatable bonds is 5. The summed E-state index contributed by atoms with van der Waals surface area (Å²) in [7, 11) is 0. The highest BCUT2D eigenvalue weighted by Gasteiger charge is 2.31. The summed E-state index contributed by atoms with van der Waals surface area (Å²) in [6.07, 6.45) is -2.03. The number of alkyl halides is 3. The number of hydrogen-bond donors (Lipinski definition) is 1. The van der Waals surface area contributed by atoms with Crippen molar-refractivity contribution in [3.63, 3.8) is 0 Å². The molecule has 0 fully saturated rings. The Morgan fingerprint density at radius 3 is 2.56 bits per heavy atom. The quantitative estimate of drug-likeness (QED) is 0.862. The standard InChI is InChI=1S/C12H15BrF3NO/c1-2-3-4-11(17)8-5-9(13)7-10(6-8)18-12(14,15)16/h5-7,11H,2-4,17H2,1H3/t11-/m0/s1. The minimum Gasteiger partial charge on any atom is -0.406 e. The van der Waals surface area contributed by atoms with E-state index in [2.05, 4.69) is 20.7 Å². The van der Waals surface area contributed by atoms with Crippen molar-refractivity contribution in [1.29, 1.82) is 0 Å². The molecule has 0 amide bonds. The molecule has 0 spiro atoms. The molecule has 0 saturated carbocycles. The molecule has 1 aromatic carbocycles. The molecule has 18 heavy (non-hydrogen) atoms. The first-order chi connectivity index (χ1) is 8.31. The van der Waals surface area contributed by atoms with E-state index in [9.17, 15) is 13.2 Å². The fourth-order valence-corrected chi connectivity index (χ4v) is 2.07. The van der Waals surface area contributed by atoms with E-state index in [0.717, 1.165) is 19.3 Å².